The summed E-state index contributed by atoms with van der Waals surface area (Å²) in [5, 5.41) is 19.7. The zero-order valence-corrected chi connectivity index (χ0v) is 11.5. The minimum absolute atomic E-state index is 0.0709. The molecule has 106 valence electrons. The summed E-state index contributed by atoms with van der Waals surface area (Å²) in [6.07, 6.45) is 7.05. The van der Waals surface area contributed by atoms with E-state index >= 15 is 0 Å². The molecule has 4 N–H and O–H groups in total. The zero-order valence-electron chi connectivity index (χ0n) is 10.8. The van der Waals surface area contributed by atoms with Crippen LogP contribution < -0.4 is 5.73 Å². The maximum Gasteiger partial charge on any atom is 0.250 e. The molecule has 1 amide bonds. The number of aliphatic hydroxyl groups excluding tert-OH is 1. The molecule has 0 aromatic carbocycles. The average molecular weight is 278 g/mol. The van der Waals surface area contributed by atoms with Gasteiger partial charge in [0.1, 0.15) is 0 Å². The van der Waals surface area contributed by atoms with Crippen LogP contribution in [0, 0.1) is 5.92 Å². The minimum Gasteiger partial charge on any atom is -0.393 e. The number of primary amides is 1. The Morgan fingerprint density at radius 3 is 2.50 bits per heavy atom. The minimum atomic E-state index is -1.78. The summed E-state index contributed by atoms with van der Waals surface area (Å²) in [6, 6.07) is 0. The average Bonchev–Trinajstić information content (AvgIpc) is 2.37. The highest BCUT2D eigenvalue weighted by molar-refractivity contribution is 6.20. The third-order valence-electron chi connectivity index (χ3n) is 3.89. The fourth-order valence-electron chi connectivity index (χ4n) is 2.62. The number of amides is 1. The summed E-state index contributed by atoms with van der Waals surface area (Å²) in [5.74, 6) is -0.469. The Kier molecular flexibility index (Phi) is 6.39. The van der Waals surface area contributed by atoms with Crippen molar-refractivity contribution in [2.45, 2.75) is 63.1 Å². The third-order valence-corrected chi connectivity index (χ3v) is 4.33. The first-order chi connectivity index (χ1) is 8.48. The van der Waals surface area contributed by atoms with E-state index in [1.165, 1.54) is 32.1 Å². The van der Waals surface area contributed by atoms with Crippen LogP contribution in [0.3, 0.4) is 0 Å². The van der Waals surface area contributed by atoms with Crippen LogP contribution in [0.15, 0.2) is 0 Å². The summed E-state index contributed by atoms with van der Waals surface area (Å²) in [4.78, 5) is 11.1. The summed E-state index contributed by atoms with van der Waals surface area (Å²) >= 11 is 5.53. The lowest BCUT2D eigenvalue weighted by Gasteiger charge is -2.26. The van der Waals surface area contributed by atoms with Gasteiger partial charge in [0.15, 0.2) is 5.60 Å². The molecule has 0 spiro atoms. The lowest BCUT2D eigenvalue weighted by atomic mass is 9.84. The molecule has 0 aromatic heterocycles. The van der Waals surface area contributed by atoms with Crippen molar-refractivity contribution in [1.82, 2.24) is 0 Å². The molecule has 1 fully saturated rings. The number of nitrogens with two attached hydrogens (primary N) is 1. The normalized spacial score (nSPS) is 22.4. The molecule has 1 aliphatic carbocycles. The van der Waals surface area contributed by atoms with Crippen molar-refractivity contribution in [2.75, 3.05) is 5.88 Å². The van der Waals surface area contributed by atoms with Crippen LogP contribution in [0.2, 0.25) is 0 Å². The van der Waals surface area contributed by atoms with Gasteiger partial charge in [0.2, 0.25) is 0 Å². The van der Waals surface area contributed by atoms with Gasteiger partial charge in [-0.3, -0.25) is 4.79 Å². The molecule has 0 radical (unpaired) electrons. The first-order valence-corrected chi connectivity index (χ1v) is 7.27. The summed E-state index contributed by atoms with van der Waals surface area (Å²) in [5.41, 5.74) is 3.30. The second-order valence-electron chi connectivity index (χ2n) is 5.47. The van der Waals surface area contributed by atoms with Crippen LogP contribution in [-0.2, 0) is 4.79 Å². The number of aliphatic hydroxyl groups is 2. The van der Waals surface area contributed by atoms with Gasteiger partial charge in [0.25, 0.3) is 5.91 Å². The van der Waals surface area contributed by atoms with Crippen LogP contribution in [-0.4, -0.2) is 33.7 Å². The highest BCUT2D eigenvalue weighted by atomic mass is 35.5. The van der Waals surface area contributed by atoms with Gasteiger partial charge in [0.05, 0.1) is 12.0 Å². The molecule has 5 heteroatoms. The van der Waals surface area contributed by atoms with Gasteiger partial charge >= 0.3 is 0 Å². The van der Waals surface area contributed by atoms with E-state index in [4.69, 9.17) is 17.3 Å². The van der Waals surface area contributed by atoms with Gasteiger partial charge < -0.3 is 15.9 Å². The van der Waals surface area contributed by atoms with E-state index in [0.29, 0.717) is 12.3 Å². The summed E-state index contributed by atoms with van der Waals surface area (Å²) < 4.78 is 0. The summed E-state index contributed by atoms with van der Waals surface area (Å²) in [6.45, 7) is 0. The molecule has 0 aliphatic heterocycles. The second kappa shape index (κ2) is 7.31. The van der Waals surface area contributed by atoms with E-state index in [-0.39, 0.29) is 12.3 Å². The molecule has 0 bridgehead atoms. The van der Waals surface area contributed by atoms with Crippen LogP contribution in [0.5, 0.6) is 0 Å². The van der Waals surface area contributed by atoms with Crippen LogP contribution >= 0.6 is 11.6 Å². The predicted octanol–water partition coefficient (Wildman–Crippen LogP) is 1.55. The van der Waals surface area contributed by atoms with Crippen molar-refractivity contribution in [1.29, 1.82) is 0 Å². The van der Waals surface area contributed by atoms with Crippen molar-refractivity contribution >= 4 is 17.5 Å². The molecule has 4 nitrogen and oxygen atoms in total. The highest BCUT2D eigenvalue weighted by Gasteiger charge is 2.35. The Hall–Kier alpha value is -0.320. The van der Waals surface area contributed by atoms with Crippen molar-refractivity contribution in [3.05, 3.63) is 0 Å². The van der Waals surface area contributed by atoms with E-state index in [2.05, 4.69) is 0 Å². The molecule has 0 aromatic rings. The monoisotopic (exact) mass is 277 g/mol. The number of alkyl halides is 1. The third kappa shape index (κ3) is 4.75. The Morgan fingerprint density at radius 2 is 2.00 bits per heavy atom. The Balaban J connectivity index is 2.31. The quantitative estimate of drug-likeness (QED) is 0.618. The van der Waals surface area contributed by atoms with Crippen molar-refractivity contribution < 1.29 is 15.0 Å². The molecule has 1 aliphatic rings. The number of hydrogen-bond donors (Lipinski definition) is 3. The molecule has 0 heterocycles. The Bertz CT molecular complexity index is 269. The molecule has 18 heavy (non-hydrogen) atoms. The van der Waals surface area contributed by atoms with E-state index < -0.39 is 17.6 Å². The molecule has 1 saturated carbocycles. The van der Waals surface area contributed by atoms with E-state index in [0.717, 1.165) is 6.42 Å². The second-order valence-corrected chi connectivity index (χ2v) is 5.74. The standard InChI is InChI=1S/C13H24ClNO3/c14-9-13(18,12(15)17)8-11(16)7-6-10-4-2-1-3-5-10/h10-11,16,18H,1-9H2,(H2,15,17). The molecular formula is C13H24ClNO3. The highest BCUT2D eigenvalue weighted by Crippen LogP contribution is 2.28. The maximum atomic E-state index is 11.1. The van der Waals surface area contributed by atoms with Crippen molar-refractivity contribution in [2.24, 2.45) is 11.7 Å². The van der Waals surface area contributed by atoms with Gasteiger partial charge in [-0.15, -0.1) is 11.6 Å². The molecular weight excluding hydrogens is 254 g/mol. The summed E-state index contributed by atoms with van der Waals surface area (Å²) in [7, 11) is 0. The van der Waals surface area contributed by atoms with Gasteiger partial charge in [-0.2, -0.15) is 0 Å². The van der Waals surface area contributed by atoms with E-state index in [9.17, 15) is 15.0 Å². The molecule has 0 saturated heterocycles. The van der Waals surface area contributed by atoms with Crippen molar-refractivity contribution in [3.63, 3.8) is 0 Å². The number of hydrogen-bond acceptors (Lipinski definition) is 3. The van der Waals surface area contributed by atoms with Gasteiger partial charge in [0, 0.05) is 6.42 Å². The topological polar surface area (TPSA) is 83.6 Å². The maximum absolute atomic E-state index is 11.1. The lowest BCUT2D eigenvalue weighted by Crippen LogP contribution is -2.48. The fraction of sp³-hybridized carbons (Fsp3) is 0.923. The van der Waals surface area contributed by atoms with E-state index in [1.807, 2.05) is 0 Å². The van der Waals surface area contributed by atoms with Gasteiger partial charge in [-0.25, -0.2) is 0 Å². The Labute approximate surface area is 114 Å². The van der Waals surface area contributed by atoms with Crippen LogP contribution in [0.1, 0.15) is 51.4 Å². The van der Waals surface area contributed by atoms with Gasteiger partial charge in [-0.1, -0.05) is 32.1 Å². The lowest BCUT2D eigenvalue weighted by molar-refractivity contribution is -0.137. The first-order valence-electron chi connectivity index (χ1n) is 6.74. The molecule has 2 unspecified atom stereocenters. The number of halogens is 1. The molecule has 1 rings (SSSR count). The van der Waals surface area contributed by atoms with Gasteiger partial charge in [-0.05, 0) is 18.8 Å². The first kappa shape index (κ1) is 15.7. The SMILES string of the molecule is NC(=O)C(O)(CCl)CC(O)CCC1CCCCC1. The predicted molar refractivity (Wildman–Crippen MR) is 71.3 cm³/mol. The van der Waals surface area contributed by atoms with Crippen LogP contribution in [0.25, 0.3) is 0 Å². The van der Waals surface area contributed by atoms with Crippen molar-refractivity contribution in [3.8, 4) is 0 Å². The molecule has 2 atom stereocenters. The van der Waals surface area contributed by atoms with E-state index in [1.54, 1.807) is 0 Å². The number of carbonyl (C=O) groups excluding carboxylic acids is 1. The smallest absolute Gasteiger partial charge is 0.250 e. The Morgan fingerprint density at radius 1 is 1.39 bits per heavy atom. The zero-order chi connectivity index (χ0) is 13.6. The fourth-order valence-corrected chi connectivity index (χ4v) is 2.86. The number of rotatable bonds is 7. The number of carbonyl (C=O) groups is 1. The largest absolute Gasteiger partial charge is 0.393 e. The van der Waals surface area contributed by atoms with Crippen LogP contribution in [0.4, 0.5) is 0 Å².